The average molecular weight is 363 g/mol. The van der Waals surface area contributed by atoms with Crippen molar-refractivity contribution in [1.29, 1.82) is 0 Å². The van der Waals surface area contributed by atoms with Gasteiger partial charge in [-0.3, -0.25) is 14.4 Å². The molecule has 2 aromatic carbocycles. The van der Waals surface area contributed by atoms with Gasteiger partial charge in [-0.05, 0) is 17.2 Å². The summed E-state index contributed by atoms with van der Waals surface area (Å²) in [7, 11) is 0. The van der Waals surface area contributed by atoms with Crippen molar-refractivity contribution in [3.63, 3.8) is 0 Å². The molecule has 136 valence electrons. The summed E-state index contributed by atoms with van der Waals surface area (Å²) < 4.78 is 0. The lowest BCUT2D eigenvalue weighted by Gasteiger charge is -2.24. The number of amides is 1. The number of carboxylic acid groups (broad SMARTS) is 1. The first kappa shape index (κ1) is 18.1. The normalized spacial score (nSPS) is 17.0. The minimum atomic E-state index is -1.23. The summed E-state index contributed by atoms with van der Waals surface area (Å²) in [6.45, 7) is -0.623. The van der Waals surface area contributed by atoms with Gasteiger partial charge in [-0.25, -0.2) is 0 Å². The Bertz CT molecular complexity index is 932. The van der Waals surface area contributed by atoms with Crippen molar-refractivity contribution in [3.8, 4) is 0 Å². The zero-order chi connectivity index (χ0) is 19.4. The number of aliphatic carboxylic acids is 1. The third-order valence-electron chi connectivity index (χ3n) is 4.22. The van der Waals surface area contributed by atoms with E-state index in [9.17, 15) is 19.5 Å². The summed E-state index contributed by atoms with van der Waals surface area (Å²) in [5.74, 6) is -3.37. The molecule has 2 aromatic rings. The van der Waals surface area contributed by atoms with E-state index in [1.807, 2.05) is 30.3 Å². The first-order valence-corrected chi connectivity index (χ1v) is 8.27. The number of hydrogen-bond donors (Lipinski definition) is 2. The molecule has 1 aliphatic rings. The van der Waals surface area contributed by atoms with Gasteiger partial charge >= 0.3 is 5.97 Å². The number of allylic oxidation sites excluding steroid dienone is 1. The molecule has 6 nitrogen and oxygen atoms in total. The number of hydrogen-bond acceptors (Lipinski definition) is 4. The molecule has 27 heavy (non-hydrogen) atoms. The first-order valence-electron chi connectivity index (χ1n) is 8.27. The van der Waals surface area contributed by atoms with E-state index >= 15 is 0 Å². The van der Waals surface area contributed by atoms with E-state index in [4.69, 9.17) is 5.11 Å². The van der Waals surface area contributed by atoms with E-state index in [1.54, 1.807) is 36.4 Å². The van der Waals surface area contributed by atoms with Crippen molar-refractivity contribution in [3.05, 3.63) is 89.2 Å². The predicted molar refractivity (Wildman–Crippen MR) is 98.7 cm³/mol. The molecule has 1 aliphatic heterocycles. The molecule has 6 heteroatoms. The molecule has 0 aromatic heterocycles. The maximum absolute atomic E-state index is 12.8. The van der Waals surface area contributed by atoms with Crippen molar-refractivity contribution in [2.75, 3.05) is 6.54 Å². The predicted octanol–water partition coefficient (Wildman–Crippen LogP) is 2.75. The van der Waals surface area contributed by atoms with Crippen LogP contribution >= 0.6 is 0 Å². The maximum Gasteiger partial charge on any atom is 0.323 e. The van der Waals surface area contributed by atoms with Crippen molar-refractivity contribution in [1.82, 2.24) is 4.90 Å². The molecule has 2 N–H and O–H groups in total. The smallest absolute Gasteiger partial charge is 0.323 e. The summed E-state index contributed by atoms with van der Waals surface area (Å²) in [4.78, 5) is 37.3. The molecule has 0 bridgehead atoms. The Labute approximate surface area is 155 Å². The van der Waals surface area contributed by atoms with Crippen LogP contribution in [0.3, 0.4) is 0 Å². The van der Waals surface area contributed by atoms with Crippen LogP contribution in [-0.4, -0.2) is 39.3 Å². The van der Waals surface area contributed by atoms with Gasteiger partial charge in [0.1, 0.15) is 6.54 Å². The highest BCUT2D eigenvalue weighted by atomic mass is 16.4. The summed E-state index contributed by atoms with van der Waals surface area (Å²) in [6, 6.07) is 16.7. The number of carboxylic acids is 1. The van der Waals surface area contributed by atoms with Gasteiger partial charge in [0.15, 0.2) is 11.5 Å². The third kappa shape index (κ3) is 3.79. The summed E-state index contributed by atoms with van der Waals surface area (Å²) >= 11 is 0. The van der Waals surface area contributed by atoms with Crippen LogP contribution in [0.15, 0.2) is 78.1 Å². The second-order valence-corrected chi connectivity index (χ2v) is 6.01. The van der Waals surface area contributed by atoms with Crippen molar-refractivity contribution < 1.29 is 24.6 Å². The molecule has 0 spiro atoms. The average Bonchev–Trinajstić information content (AvgIpc) is 2.92. The molecule has 0 saturated heterocycles. The van der Waals surface area contributed by atoms with E-state index in [1.165, 1.54) is 6.08 Å². The molecule has 1 amide bonds. The monoisotopic (exact) mass is 363 g/mol. The van der Waals surface area contributed by atoms with Crippen molar-refractivity contribution in [2.24, 2.45) is 0 Å². The summed E-state index contributed by atoms with van der Waals surface area (Å²) in [5.41, 5.74) is 1.21. The zero-order valence-electron chi connectivity index (χ0n) is 14.3. The maximum atomic E-state index is 12.8. The van der Waals surface area contributed by atoms with E-state index < -0.39 is 36.0 Å². The van der Waals surface area contributed by atoms with Crippen LogP contribution in [0.25, 0.3) is 6.08 Å². The Hall–Kier alpha value is -3.67. The first-order chi connectivity index (χ1) is 13.0. The molecule has 0 unspecified atom stereocenters. The molecule has 0 saturated carbocycles. The highest BCUT2D eigenvalue weighted by Gasteiger charge is 2.43. The van der Waals surface area contributed by atoms with Crippen molar-refractivity contribution >= 4 is 23.7 Å². The van der Waals surface area contributed by atoms with E-state index in [-0.39, 0.29) is 5.57 Å². The van der Waals surface area contributed by atoms with E-state index in [0.717, 1.165) is 10.5 Å². The van der Waals surface area contributed by atoms with Crippen LogP contribution in [0.4, 0.5) is 0 Å². The van der Waals surface area contributed by atoms with Gasteiger partial charge in [0, 0.05) is 0 Å². The van der Waals surface area contributed by atoms with Gasteiger partial charge in [0.2, 0.25) is 0 Å². The SMILES string of the molecule is O=C(O)CN1C(=O)C(O)=C(C(=O)/C=C/c2ccccc2)[C@@H]1c1ccccc1. The second kappa shape index (κ2) is 7.70. The number of aliphatic hydroxyl groups excluding tert-OH is 1. The lowest BCUT2D eigenvalue weighted by atomic mass is 9.95. The number of aliphatic hydroxyl groups is 1. The van der Waals surface area contributed by atoms with Crippen LogP contribution in [-0.2, 0) is 14.4 Å². The standard InChI is InChI=1S/C21H17NO5/c23-16(12-11-14-7-3-1-4-8-14)18-19(15-9-5-2-6-10-15)22(13-17(24)25)21(27)20(18)26/h1-12,19,26H,13H2,(H,24,25)/b12-11+/t19-/m0/s1. The van der Waals surface area contributed by atoms with E-state index in [0.29, 0.717) is 5.56 Å². The fourth-order valence-corrected chi connectivity index (χ4v) is 3.02. The number of ketones is 1. The van der Waals surface area contributed by atoms with Gasteiger partial charge in [0.05, 0.1) is 11.6 Å². The molecule has 0 fully saturated rings. The lowest BCUT2D eigenvalue weighted by Crippen LogP contribution is -2.35. The highest BCUT2D eigenvalue weighted by molar-refractivity contribution is 6.14. The molecular formula is C21H17NO5. The van der Waals surface area contributed by atoms with Crippen LogP contribution in [0.1, 0.15) is 17.2 Å². The second-order valence-electron chi connectivity index (χ2n) is 6.01. The fraction of sp³-hybridized carbons (Fsp3) is 0.0952. The Morgan fingerprint density at radius 1 is 1.00 bits per heavy atom. The minimum Gasteiger partial charge on any atom is -0.503 e. The topological polar surface area (TPSA) is 94.9 Å². The Balaban J connectivity index is 1.99. The van der Waals surface area contributed by atoms with Crippen LogP contribution in [0, 0.1) is 0 Å². The zero-order valence-corrected chi connectivity index (χ0v) is 14.3. The fourth-order valence-electron chi connectivity index (χ4n) is 3.02. The van der Waals surface area contributed by atoms with Crippen LogP contribution < -0.4 is 0 Å². The number of carbonyl (C=O) groups excluding carboxylic acids is 2. The molecule has 3 rings (SSSR count). The molecule has 0 radical (unpaired) electrons. The van der Waals surface area contributed by atoms with Gasteiger partial charge in [0.25, 0.3) is 5.91 Å². The van der Waals surface area contributed by atoms with Crippen LogP contribution in [0.2, 0.25) is 0 Å². The third-order valence-corrected chi connectivity index (χ3v) is 4.22. The molecule has 1 atom stereocenters. The molecule has 0 aliphatic carbocycles. The van der Waals surface area contributed by atoms with E-state index in [2.05, 4.69) is 0 Å². The van der Waals surface area contributed by atoms with Gasteiger partial charge in [-0.15, -0.1) is 0 Å². The summed E-state index contributed by atoms with van der Waals surface area (Å²) in [6.07, 6.45) is 2.85. The van der Waals surface area contributed by atoms with Crippen molar-refractivity contribution in [2.45, 2.75) is 6.04 Å². The highest BCUT2D eigenvalue weighted by Crippen LogP contribution is 2.37. The Morgan fingerprint density at radius 2 is 1.59 bits per heavy atom. The Morgan fingerprint density at radius 3 is 2.19 bits per heavy atom. The quantitative estimate of drug-likeness (QED) is 0.770. The minimum absolute atomic E-state index is 0.125. The molecule has 1 heterocycles. The number of rotatable bonds is 6. The largest absolute Gasteiger partial charge is 0.503 e. The van der Waals surface area contributed by atoms with Gasteiger partial charge in [-0.2, -0.15) is 0 Å². The number of nitrogens with zero attached hydrogens (tertiary/aromatic N) is 1. The molecular weight excluding hydrogens is 346 g/mol. The Kier molecular flexibility index (Phi) is 5.17. The lowest BCUT2D eigenvalue weighted by molar-refractivity contribution is -0.144. The van der Waals surface area contributed by atoms with Gasteiger partial charge in [-0.1, -0.05) is 66.7 Å². The summed E-state index contributed by atoms with van der Waals surface area (Å²) in [5, 5.41) is 19.4. The number of carbonyl (C=O) groups is 3. The van der Waals surface area contributed by atoms with Crippen LogP contribution in [0.5, 0.6) is 0 Å². The number of benzene rings is 2. The van der Waals surface area contributed by atoms with Gasteiger partial charge < -0.3 is 15.1 Å².